The van der Waals surface area contributed by atoms with Crippen LogP contribution in [0.25, 0.3) is 0 Å². The molecule has 0 aliphatic rings. The average molecular weight is 772 g/mol. The average Bonchev–Trinajstić information content (AvgIpc) is 2.58. The Labute approximate surface area is 220 Å². The zero-order chi connectivity index (χ0) is 31.2. The fourth-order valence-electron chi connectivity index (χ4n) is 1.43. The van der Waals surface area contributed by atoms with Crippen molar-refractivity contribution in [2.45, 2.75) is 50.7 Å². The normalized spacial score (nSPS) is 9.19. The van der Waals surface area contributed by atoms with Crippen molar-refractivity contribution < 1.29 is 122 Å². The second kappa shape index (κ2) is 22.8. The Kier molecular flexibility index (Phi) is 26.7. The van der Waals surface area contributed by atoms with Crippen molar-refractivity contribution in [3.8, 4) is 0 Å². The Morgan fingerprint density at radius 3 is 0.703 bits per heavy atom. The predicted molar refractivity (Wildman–Crippen MR) is 96.9 cm³/mol. The van der Waals surface area contributed by atoms with Gasteiger partial charge in [-0.25, -0.2) is 9.59 Å². The molecule has 0 heterocycles. The Hall–Kier alpha value is -3.67. The topological polar surface area (TPSA) is 379 Å². The van der Waals surface area contributed by atoms with Crippen molar-refractivity contribution in [1.82, 2.24) is 0 Å². The van der Waals surface area contributed by atoms with Gasteiger partial charge in [0.05, 0.1) is 25.7 Å². The SMILES string of the molecule is CC(=O)[O-].CC(=O)[O-].O=C(O)CC(O)(CC(=O)O)C(=O)O.O=C(O)CC(O)(CC(=O)O)C(=O)O.[O]=[U+2]=[O]. The van der Waals surface area contributed by atoms with E-state index >= 15 is 0 Å². The molecule has 0 aliphatic carbocycles. The molecule has 37 heavy (non-hydrogen) atoms. The first-order chi connectivity index (χ1) is 16.4. The Morgan fingerprint density at radius 1 is 0.541 bits per heavy atom. The fraction of sp³-hybridized carbons (Fsp3) is 0.500. The predicted octanol–water partition coefficient (Wildman–Crippen LogP) is -5.22. The third-order valence-electron chi connectivity index (χ3n) is 2.57. The first-order valence-corrected chi connectivity index (χ1v) is 12.0. The van der Waals surface area contributed by atoms with Crippen LogP contribution in [0.3, 0.4) is 0 Å². The second-order valence-corrected chi connectivity index (χ2v) is 6.72. The Bertz CT molecular complexity index is 750. The number of carboxylic acid groups (broad SMARTS) is 8. The monoisotopic (exact) mass is 772 g/mol. The minimum absolute atomic E-state index is 0.972. The van der Waals surface area contributed by atoms with Crippen LogP contribution in [-0.4, -0.2) is 99.8 Å². The molecule has 0 rings (SSSR count). The number of carbonyl (C=O) groups excluding carboxylic acids is 2. The summed E-state index contributed by atoms with van der Waals surface area (Å²) in [6, 6.07) is 0. The van der Waals surface area contributed by atoms with Crippen LogP contribution >= 0.6 is 0 Å². The van der Waals surface area contributed by atoms with E-state index in [0.717, 1.165) is 13.8 Å². The summed E-state index contributed by atoms with van der Waals surface area (Å²) in [6.45, 7) is 1.94. The van der Waals surface area contributed by atoms with Gasteiger partial charge in [0.25, 0.3) is 0 Å². The zero-order valence-corrected chi connectivity index (χ0v) is 23.0. The van der Waals surface area contributed by atoms with E-state index in [9.17, 15) is 28.8 Å². The quantitative estimate of drug-likeness (QED) is 0.103. The maximum atomic E-state index is 10.3. The molecule has 0 unspecified atom stereocenters. The zero-order valence-electron chi connectivity index (χ0n) is 18.8. The third-order valence-corrected chi connectivity index (χ3v) is 2.57. The number of carbonyl (C=O) groups is 8. The van der Waals surface area contributed by atoms with Crippen LogP contribution < -0.4 is 10.2 Å². The molecule has 0 saturated heterocycles. The Morgan fingerprint density at radius 2 is 0.649 bits per heavy atom. The summed E-state index contributed by atoms with van der Waals surface area (Å²) in [6.07, 6.45) is -4.58. The van der Waals surface area contributed by atoms with Crippen LogP contribution in [0.1, 0.15) is 39.5 Å². The van der Waals surface area contributed by atoms with Gasteiger partial charge in [-0.3, -0.25) is 19.2 Å². The summed E-state index contributed by atoms with van der Waals surface area (Å²) in [7, 11) is 0. The van der Waals surface area contributed by atoms with Gasteiger partial charge in [0.1, 0.15) is 0 Å². The van der Waals surface area contributed by atoms with Gasteiger partial charge >= 0.3 is 68.1 Å². The number of carboxylic acids is 8. The molecular formula is C16H22O20U. The van der Waals surface area contributed by atoms with E-state index in [1.54, 1.807) is 0 Å². The molecule has 21 heteroatoms. The molecular weight excluding hydrogens is 750 g/mol. The molecule has 0 atom stereocenters. The van der Waals surface area contributed by atoms with Crippen LogP contribution in [0, 0.1) is 27.8 Å². The molecule has 0 radical (unpaired) electrons. The molecule has 0 fully saturated rings. The fourth-order valence-corrected chi connectivity index (χ4v) is 1.43. The van der Waals surface area contributed by atoms with E-state index < -0.39 is 112 Å². The third kappa shape index (κ3) is 37.1. The van der Waals surface area contributed by atoms with Crippen LogP contribution in [0.4, 0.5) is 0 Å². The summed E-state index contributed by atoms with van der Waals surface area (Å²) in [5.74, 6) is -12.2. The van der Waals surface area contributed by atoms with Gasteiger partial charge in [-0.1, -0.05) is 0 Å². The van der Waals surface area contributed by atoms with Gasteiger partial charge in [-0.15, -0.1) is 0 Å². The first kappa shape index (κ1) is 43.4. The van der Waals surface area contributed by atoms with Crippen LogP contribution in [0.15, 0.2) is 0 Å². The molecule has 0 aromatic rings. The summed E-state index contributed by atoms with van der Waals surface area (Å²) in [5.41, 5.74) is -5.48. The first-order valence-electron chi connectivity index (χ1n) is 8.57. The van der Waals surface area contributed by atoms with Crippen molar-refractivity contribution in [3.05, 3.63) is 0 Å². The van der Waals surface area contributed by atoms with Crippen molar-refractivity contribution in [3.63, 3.8) is 0 Å². The van der Waals surface area contributed by atoms with Crippen molar-refractivity contribution in [2.24, 2.45) is 0 Å². The molecule has 0 aliphatic heterocycles. The van der Waals surface area contributed by atoms with Crippen molar-refractivity contribution >= 4 is 47.8 Å². The van der Waals surface area contributed by atoms with Crippen molar-refractivity contribution in [2.75, 3.05) is 0 Å². The minimum atomic E-state index is -2.74. The summed E-state index contributed by atoms with van der Waals surface area (Å²) < 4.78 is 17.2. The number of rotatable bonds is 10. The van der Waals surface area contributed by atoms with E-state index in [0.29, 0.717) is 0 Å². The van der Waals surface area contributed by atoms with Gasteiger partial charge in [-0.05, 0) is 13.8 Å². The van der Waals surface area contributed by atoms with Crippen LogP contribution in [0.2, 0.25) is 0 Å². The van der Waals surface area contributed by atoms with E-state index in [1.165, 1.54) is 0 Å². The van der Waals surface area contributed by atoms with Crippen LogP contribution in [0.5, 0.6) is 0 Å². The number of aliphatic hydroxyl groups is 2. The summed E-state index contributed by atoms with van der Waals surface area (Å²) >= 11 is -2.51. The second-order valence-electron chi connectivity index (χ2n) is 6.02. The summed E-state index contributed by atoms with van der Waals surface area (Å²) in [5, 5.41) is 85.4. The molecule has 0 amide bonds. The molecule has 0 bridgehead atoms. The van der Waals surface area contributed by atoms with Gasteiger partial charge in [0, 0.05) is 11.9 Å². The van der Waals surface area contributed by atoms with Gasteiger partial charge in [0.2, 0.25) is 0 Å². The van der Waals surface area contributed by atoms with E-state index in [2.05, 4.69) is 0 Å². The molecule has 0 aromatic carbocycles. The van der Waals surface area contributed by atoms with Gasteiger partial charge in [0.15, 0.2) is 11.2 Å². The van der Waals surface area contributed by atoms with Crippen LogP contribution in [-0.2, 0) is 42.8 Å². The molecule has 20 nitrogen and oxygen atoms in total. The number of hydrogen-bond donors (Lipinski definition) is 8. The molecule has 0 saturated carbocycles. The van der Waals surface area contributed by atoms with Crippen molar-refractivity contribution in [1.29, 1.82) is 0 Å². The molecule has 0 aromatic heterocycles. The number of hydrogen-bond acceptors (Lipinski definition) is 14. The molecule has 210 valence electrons. The van der Waals surface area contributed by atoms with E-state index in [1.807, 2.05) is 0 Å². The molecule has 0 spiro atoms. The van der Waals surface area contributed by atoms with E-state index in [4.69, 9.17) is 65.1 Å². The van der Waals surface area contributed by atoms with Gasteiger partial charge in [-0.2, -0.15) is 0 Å². The summed E-state index contributed by atoms with van der Waals surface area (Å²) in [4.78, 5) is 78.7. The maximum absolute atomic E-state index is 10.3. The van der Waals surface area contributed by atoms with Gasteiger partial charge < -0.3 is 60.7 Å². The number of aliphatic carboxylic acids is 8. The van der Waals surface area contributed by atoms with E-state index in [-0.39, 0.29) is 0 Å². The Balaban J connectivity index is -0.000000132. The standard InChI is InChI=1S/2C6H8O7.2C2H4O2.2O.U/c2*7-3(8)1-6(13,5(11)12)2-4(9)10;2*1-2(3)4;;;/h2*13H,1-2H2,(H,7,8)(H,9,10)(H,11,12);2*1H3,(H,3,4);;;/q;;;;;;+2/p-2. The molecule has 8 N–H and O–H groups in total.